The fraction of sp³-hybridized carbons (Fsp3) is 0.231. The van der Waals surface area contributed by atoms with Crippen molar-refractivity contribution in [1.82, 2.24) is 4.98 Å². The largest absolute Gasteiger partial charge is 0.496 e. The number of allylic oxidation sites excluding steroid dienone is 1. The summed E-state index contributed by atoms with van der Waals surface area (Å²) in [5, 5.41) is 1.21. The molecule has 0 aliphatic heterocycles. The Balaban J connectivity index is 2.82. The van der Waals surface area contributed by atoms with Gasteiger partial charge in [0, 0.05) is 22.7 Å². The summed E-state index contributed by atoms with van der Waals surface area (Å²) in [5.41, 5.74) is 3.53. The predicted molar refractivity (Wildman–Crippen MR) is 64.3 cm³/mol. The lowest BCUT2D eigenvalue weighted by atomic mass is 10.0. The molecule has 1 N–H and O–H groups in total. The molecule has 0 fully saturated rings. The number of ether oxygens (including phenoxy) is 1. The van der Waals surface area contributed by atoms with Crippen LogP contribution in [0, 0.1) is 6.92 Å². The minimum Gasteiger partial charge on any atom is -0.496 e. The van der Waals surface area contributed by atoms with Crippen molar-refractivity contribution in [2.24, 2.45) is 0 Å². The van der Waals surface area contributed by atoms with Gasteiger partial charge >= 0.3 is 0 Å². The van der Waals surface area contributed by atoms with Crippen molar-refractivity contribution in [2.75, 3.05) is 7.11 Å². The van der Waals surface area contributed by atoms with Gasteiger partial charge in [0.15, 0.2) is 0 Å². The van der Waals surface area contributed by atoms with Crippen molar-refractivity contribution in [3.05, 3.63) is 35.5 Å². The first kappa shape index (κ1) is 9.84. The van der Waals surface area contributed by atoms with Gasteiger partial charge in [-0.3, -0.25) is 0 Å². The molecule has 2 aromatic rings. The van der Waals surface area contributed by atoms with E-state index in [1.807, 2.05) is 19.2 Å². The number of H-pyrrole nitrogens is 1. The highest BCUT2D eigenvalue weighted by molar-refractivity contribution is 5.93. The lowest BCUT2D eigenvalue weighted by Gasteiger charge is -2.08. The first-order valence-electron chi connectivity index (χ1n) is 5.05. The van der Waals surface area contributed by atoms with E-state index in [0.29, 0.717) is 0 Å². The summed E-state index contributed by atoms with van der Waals surface area (Å²) < 4.78 is 5.39. The number of aromatic nitrogens is 1. The quantitative estimate of drug-likeness (QED) is 0.790. The molecule has 2 rings (SSSR count). The Labute approximate surface area is 89.6 Å². The molecule has 0 bridgehead atoms. The molecule has 1 aromatic carbocycles. The number of methoxy groups -OCH3 is 1. The van der Waals surface area contributed by atoms with Crippen LogP contribution in [0.1, 0.15) is 18.1 Å². The summed E-state index contributed by atoms with van der Waals surface area (Å²) in [7, 11) is 1.71. The van der Waals surface area contributed by atoms with Crippen LogP contribution in [0.25, 0.3) is 17.0 Å². The maximum atomic E-state index is 5.39. The maximum absolute atomic E-state index is 5.39. The van der Waals surface area contributed by atoms with Crippen molar-refractivity contribution >= 4 is 17.0 Å². The first-order valence-corrected chi connectivity index (χ1v) is 5.05. The lowest BCUT2D eigenvalue weighted by molar-refractivity contribution is 0.414. The molecule has 0 aliphatic rings. The fourth-order valence-corrected chi connectivity index (χ4v) is 1.91. The number of aromatic amines is 1. The number of nitrogens with one attached hydrogen (secondary N) is 1. The van der Waals surface area contributed by atoms with Crippen LogP contribution in [0.3, 0.4) is 0 Å². The van der Waals surface area contributed by atoms with Crippen LogP contribution in [0.2, 0.25) is 0 Å². The number of fused-ring (bicyclic) bond motifs is 1. The zero-order valence-corrected chi connectivity index (χ0v) is 9.29. The Morgan fingerprint density at radius 2 is 2.20 bits per heavy atom. The van der Waals surface area contributed by atoms with Crippen LogP contribution in [-0.4, -0.2) is 12.1 Å². The number of aryl methyl sites for hydroxylation is 1. The molecule has 15 heavy (non-hydrogen) atoms. The van der Waals surface area contributed by atoms with Crippen molar-refractivity contribution in [1.29, 1.82) is 0 Å². The van der Waals surface area contributed by atoms with Crippen molar-refractivity contribution in [2.45, 2.75) is 13.8 Å². The second-order valence-corrected chi connectivity index (χ2v) is 3.58. The van der Waals surface area contributed by atoms with Gasteiger partial charge in [0.1, 0.15) is 5.75 Å². The van der Waals surface area contributed by atoms with E-state index < -0.39 is 0 Å². The number of rotatable bonds is 2. The molecular formula is C13H15NO. The van der Waals surface area contributed by atoms with E-state index in [1.165, 1.54) is 16.5 Å². The van der Waals surface area contributed by atoms with Gasteiger partial charge in [0.25, 0.3) is 0 Å². The number of hydrogen-bond acceptors (Lipinski definition) is 1. The Morgan fingerprint density at radius 3 is 2.87 bits per heavy atom. The second kappa shape index (κ2) is 3.81. The third kappa shape index (κ3) is 1.52. The highest BCUT2D eigenvalue weighted by Gasteiger charge is 2.08. The molecule has 0 unspecified atom stereocenters. The lowest BCUT2D eigenvalue weighted by Crippen LogP contribution is -1.89. The van der Waals surface area contributed by atoms with Gasteiger partial charge in [-0.2, -0.15) is 0 Å². The molecule has 0 amide bonds. The minimum atomic E-state index is 0.928. The van der Waals surface area contributed by atoms with Gasteiger partial charge in [-0.1, -0.05) is 12.2 Å². The molecule has 0 saturated carbocycles. The first-order chi connectivity index (χ1) is 7.27. The van der Waals surface area contributed by atoms with Crippen LogP contribution in [-0.2, 0) is 0 Å². The van der Waals surface area contributed by atoms with Gasteiger partial charge in [0.05, 0.1) is 7.11 Å². The normalized spacial score (nSPS) is 11.4. The maximum Gasteiger partial charge on any atom is 0.127 e. The van der Waals surface area contributed by atoms with Gasteiger partial charge in [0.2, 0.25) is 0 Å². The Kier molecular flexibility index (Phi) is 2.50. The SMILES string of the molecule is CC=Cc1c(OC)cc(C)c2[nH]ccc12. The molecule has 1 heterocycles. The molecule has 2 nitrogen and oxygen atoms in total. The van der Waals surface area contributed by atoms with Crippen LogP contribution in [0.15, 0.2) is 24.4 Å². The monoisotopic (exact) mass is 201 g/mol. The summed E-state index contributed by atoms with van der Waals surface area (Å²) >= 11 is 0. The van der Waals surface area contributed by atoms with Crippen LogP contribution >= 0.6 is 0 Å². The molecular weight excluding hydrogens is 186 g/mol. The van der Waals surface area contributed by atoms with Crippen molar-refractivity contribution in [3.8, 4) is 5.75 Å². The van der Waals surface area contributed by atoms with Crippen molar-refractivity contribution < 1.29 is 4.74 Å². The third-order valence-electron chi connectivity index (χ3n) is 2.60. The standard InChI is InChI=1S/C13H15NO/c1-4-5-10-11-6-7-14-13(11)9(2)8-12(10)15-3/h4-8,14H,1-3H3. The smallest absolute Gasteiger partial charge is 0.127 e. The van der Waals surface area contributed by atoms with E-state index in [9.17, 15) is 0 Å². The molecule has 0 atom stereocenters. The van der Waals surface area contributed by atoms with Gasteiger partial charge in [-0.05, 0) is 31.5 Å². The second-order valence-electron chi connectivity index (χ2n) is 3.58. The zero-order valence-electron chi connectivity index (χ0n) is 9.29. The summed E-state index contributed by atoms with van der Waals surface area (Å²) in [6.07, 6.45) is 6.07. The average Bonchev–Trinajstić information content (AvgIpc) is 2.71. The van der Waals surface area contributed by atoms with Crippen LogP contribution in [0.5, 0.6) is 5.75 Å². The highest BCUT2D eigenvalue weighted by Crippen LogP contribution is 2.31. The number of hydrogen-bond donors (Lipinski definition) is 1. The summed E-state index contributed by atoms with van der Waals surface area (Å²) in [6.45, 7) is 4.10. The molecule has 1 aromatic heterocycles. The Hall–Kier alpha value is -1.70. The van der Waals surface area contributed by atoms with E-state index >= 15 is 0 Å². The van der Waals surface area contributed by atoms with E-state index in [0.717, 1.165) is 11.3 Å². The predicted octanol–water partition coefficient (Wildman–Crippen LogP) is 3.52. The molecule has 78 valence electrons. The minimum absolute atomic E-state index is 0.928. The van der Waals surface area contributed by atoms with E-state index in [-0.39, 0.29) is 0 Å². The Morgan fingerprint density at radius 1 is 1.40 bits per heavy atom. The van der Waals surface area contributed by atoms with Gasteiger partial charge < -0.3 is 9.72 Å². The summed E-state index contributed by atoms with van der Waals surface area (Å²) in [4.78, 5) is 3.25. The van der Waals surface area contributed by atoms with E-state index in [2.05, 4.69) is 30.1 Å². The van der Waals surface area contributed by atoms with E-state index in [1.54, 1.807) is 7.11 Å². The molecule has 0 radical (unpaired) electrons. The zero-order chi connectivity index (χ0) is 10.8. The van der Waals surface area contributed by atoms with Crippen molar-refractivity contribution in [3.63, 3.8) is 0 Å². The van der Waals surface area contributed by atoms with Gasteiger partial charge in [-0.15, -0.1) is 0 Å². The highest BCUT2D eigenvalue weighted by atomic mass is 16.5. The molecule has 0 saturated heterocycles. The summed E-state index contributed by atoms with van der Waals surface area (Å²) in [5.74, 6) is 0.928. The topological polar surface area (TPSA) is 25.0 Å². The molecule has 2 heteroatoms. The number of benzene rings is 1. The third-order valence-corrected chi connectivity index (χ3v) is 2.60. The summed E-state index contributed by atoms with van der Waals surface area (Å²) in [6, 6.07) is 4.15. The molecule has 0 spiro atoms. The average molecular weight is 201 g/mol. The molecule has 0 aliphatic carbocycles. The van der Waals surface area contributed by atoms with Gasteiger partial charge in [-0.25, -0.2) is 0 Å². The van der Waals surface area contributed by atoms with Crippen LogP contribution < -0.4 is 4.74 Å². The van der Waals surface area contributed by atoms with E-state index in [4.69, 9.17) is 4.74 Å². The fourth-order valence-electron chi connectivity index (χ4n) is 1.91. The Bertz CT molecular complexity index is 508. The van der Waals surface area contributed by atoms with Crippen LogP contribution in [0.4, 0.5) is 0 Å².